The summed E-state index contributed by atoms with van der Waals surface area (Å²) in [6, 6.07) is 4.45. The zero-order valence-corrected chi connectivity index (χ0v) is 19.4. The molecule has 8 heteroatoms. The first-order chi connectivity index (χ1) is 16.1. The molecular formula is C26H31F3O5. The normalized spacial score (nSPS) is 17.6. The van der Waals surface area contributed by atoms with Gasteiger partial charge in [0, 0.05) is 18.8 Å². The molecule has 1 aromatic carbocycles. The van der Waals surface area contributed by atoms with E-state index in [-0.39, 0.29) is 36.1 Å². The van der Waals surface area contributed by atoms with Crippen molar-refractivity contribution in [3.63, 3.8) is 0 Å². The van der Waals surface area contributed by atoms with Gasteiger partial charge in [-0.05, 0) is 56.9 Å². The van der Waals surface area contributed by atoms with E-state index in [1.165, 1.54) is 18.2 Å². The lowest BCUT2D eigenvalue weighted by atomic mass is 9.95. The van der Waals surface area contributed by atoms with Crippen LogP contribution in [0.15, 0.2) is 60.2 Å². The summed E-state index contributed by atoms with van der Waals surface area (Å²) < 4.78 is 48.7. The largest absolute Gasteiger partial charge is 0.491 e. The molecular weight excluding hydrogens is 449 g/mol. The third-order valence-electron chi connectivity index (χ3n) is 5.08. The van der Waals surface area contributed by atoms with Crippen LogP contribution in [0.4, 0.5) is 13.2 Å². The number of alkyl halides is 3. The number of ether oxygens (including phenoxy) is 2. The number of aliphatic hydroxyl groups excluding tert-OH is 1. The van der Waals surface area contributed by atoms with E-state index in [1.807, 2.05) is 12.2 Å². The first kappa shape index (κ1) is 27.4. The van der Waals surface area contributed by atoms with Crippen LogP contribution in [0.5, 0.6) is 5.75 Å². The Bertz CT molecular complexity index is 915. The van der Waals surface area contributed by atoms with Crippen LogP contribution >= 0.6 is 0 Å². The molecule has 2 atom stereocenters. The Morgan fingerprint density at radius 2 is 2.03 bits per heavy atom. The molecule has 1 aliphatic carbocycles. The summed E-state index contributed by atoms with van der Waals surface area (Å²) in [5.74, 6) is -0.437. The lowest BCUT2D eigenvalue weighted by Crippen LogP contribution is -2.15. The monoisotopic (exact) mass is 480 g/mol. The number of halogens is 3. The number of allylic oxidation sites excluding steroid dienone is 5. The van der Waals surface area contributed by atoms with Crippen LogP contribution in [0.2, 0.25) is 0 Å². The number of ketones is 1. The van der Waals surface area contributed by atoms with Gasteiger partial charge in [0.15, 0.2) is 0 Å². The molecule has 0 heterocycles. The third-order valence-corrected chi connectivity index (χ3v) is 5.08. The van der Waals surface area contributed by atoms with Crippen LogP contribution in [0, 0.1) is 5.92 Å². The smallest absolute Gasteiger partial charge is 0.416 e. The fourth-order valence-electron chi connectivity index (χ4n) is 3.40. The van der Waals surface area contributed by atoms with Crippen molar-refractivity contribution in [1.29, 1.82) is 0 Å². The first-order valence-electron chi connectivity index (χ1n) is 11.3. The summed E-state index contributed by atoms with van der Waals surface area (Å²) in [5.41, 5.74) is -0.0377. The molecule has 2 rings (SSSR count). The second-order valence-corrected chi connectivity index (χ2v) is 8.33. The molecule has 1 aliphatic rings. The number of hydrogen-bond acceptors (Lipinski definition) is 5. The third kappa shape index (κ3) is 9.55. The topological polar surface area (TPSA) is 72.8 Å². The molecule has 0 aliphatic heterocycles. The summed E-state index contributed by atoms with van der Waals surface area (Å²) in [5, 5.41) is 10.1. The number of esters is 1. The summed E-state index contributed by atoms with van der Waals surface area (Å²) in [7, 11) is 0. The summed E-state index contributed by atoms with van der Waals surface area (Å²) >= 11 is 0. The summed E-state index contributed by atoms with van der Waals surface area (Å²) in [6.45, 7) is 3.39. The maximum absolute atomic E-state index is 12.8. The maximum Gasteiger partial charge on any atom is 0.416 e. The molecule has 0 bridgehead atoms. The molecule has 0 spiro atoms. The highest BCUT2D eigenvalue weighted by atomic mass is 19.4. The molecule has 186 valence electrons. The highest BCUT2D eigenvalue weighted by Gasteiger charge is 2.30. The maximum atomic E-state index is 12.8. The lowest BCUT2D eigenvalue weighted by molar-refractivity contribution is -0.147. The Labute approximate surface area is 197 Å². The van der Waals surface area contributed by atoms with E-state index in [1.54, 1.807) is 26.0 Å². The molecule has 1 N–H and O–H groups in total. The molecule has 0 aromatic heterocycles. The second-order valence-electron chi connectivity index (χ2n) is 8.33. The van der Waals surface area contributed by atoms with Crippen LogP contribution < -0.4 is 4.74 Å². The van der Waals surface area contributed by atoms with E-state index >= 15 is 0 Å². The van der Waals surface area contributed by atoms with Crippen molar-refractivity contribution in [2.45, 2.75) is 64.3 Å². The van der Waals surface area contributed by atoms with Gasteiger partial charge in [0.2, 0.25) is 0 Å². The Morgan fingerprint density at radius 1 is 1.26 bits per heavy atom. The highest BCUT2D eigenvalue weighted by molar-refractivity contribution is 5.89. The van der Waals surface area contributed by atoms with Gasteiger partial charge in [0.25, 0.3) is 0 Å². The quantitative estimate of drug-likeness (QED) is 0.240. The Morgan fingerprint density at radius 3 is 2.74 bits per heavy atom. The van der Waals surface area contributed by atoms with Crippen LogP contribution in [-0.4, -0.2) is 35.7 Å². The highest BCUT2D eigenvalue weighted by Crippen LogP contribution is 2.31. The van der Waals surface area contributed by atoms with Gasteiger partial charge in [-0.15, -0.1) is 0 Å². The predicted octanol–water partition coefficient (Wildman–Crippen LogP) is 5.58. The van der Waals surface area contributed by atoms with E-state index in [0.29, 0.717) is 32.1 Å². The number of carbonyl (C=O) groups is 2. The molecule has 1 aromatic rings. The minimum absolute atomic E-state index is 0.0121. The van der Waals surface area contributed by atoms with E-state index < -0.39 is 17.8 Å². The summed E-state index contributed by atoms with van der Waals surface area (Å²) in [6.07, 6.45) is 5.69. The van der Waals surface area contributed by atoms with Crippen molar-refractivity contribution in [3.8, 4) is 5.75 Å². The van der Waals surface area contributed by atoms with Crippen LogP contribution in [-0.2, 0) is 20.5 Å². The van der Waals surface area contributed by atoms with E-state index in [2.05, 4.69) is 0 Å². The number of carbonyl (C=O) groups excluding carboxylic acids is 2. The van der Waals surface area contributed by atoms with E-state index in [0.717, 1.165) is 17.7 Å². The van der Waals surface area contributed by atoms with Crippen LogP contribution in [0.1, 0.15) is 51.5 Å². The molecule has 0 saturated heterocycles. The minimum atomic E-state index is -4.47. The van der Waals surface area contributed by atoms with Crippen molar-refractivity contribution in [2.24, 2.45) is 5.92 Å². The molecule has 0 radical (unpaired) electrons. The fourth-order valence-corrected chi connectivity index (χ4v) is 3.40. The van der Waals surface area contributed by atoms with Crippen molar-refractivity contribution >= 4 is 11.8 Å². The van der Waals surface area contributed by atoms with Gasteiger partial charge in [-0.3, -0.25) is 9.59 Å². The number of unbranched alkanes of at least 4 members (excludes halogenated alkanes) is 1. The molecule has 5 nitrogen and oxygen atoms in total. The molecule has 0 unspecified atom stereocenters. The van der Waals surface area contributed by atoms with Gasteiger partial charge in [-0.25, -0.2) is 0 Å². The Hall–Kier alpha value is -2.87. The first-order valence-corrected chi connectivity index (χ1v) is 11.3. The second kappa shape index (κ2) is 13.1. The zero-order valence-electron chi connectivity index (χ0n) is 19.4. The lowest BCUT2D eigenvalue weighted by Gasteiger charge is -2.12. The average Bonchev–Trinajstić information content (AvgIpc) is 3.11. The van der Waals surface area contributed by atoms with E-state index in [4.69, 9.17) is 9.47 Å². The molecule has 0 fully saturated rings. The summed E-state index contributed by atoms with van der Waals surface area (Å²) in [4.78, 5) is 23.7. The van der Waals surface area contributed by atoms with Gasteiger partial charge >= 0.3 is 12.1 Å². The minimum Gasteiger partial charge on any atom is -0.491 e. The Kier molecular flexibility index (Phi) is 10.6. The number of benzene rings is 1. The van der Waals surface area contributed by atoms with Gasteiger partial charge < -0.3 is 14.6 Å². The standard InChI is InChI=1S/C26H31F3O5/c1-18(2)34-25(32)11-6-4-3-5-10-23-19(13-15-24(23)31)12-14-21(30)17-33-22-9-7-8-20(16-22)26(27,28)29/h3,5,7-9,12-14,16,18,21,23,30H,4,6,10-11,15,17H2,1-2H3/b5-3?,14-12+/t21-,23-/m1/s1. The van der Waals surface area contributed by atoms with Crippen LogP contribution in [0.25, 0.3) is 0 Å². The average molecular weight is 481 g/mol. The fraction of sp³-hybridized carbons (Fsp3) is 0.462. The van der Waals surface area contributed by atoms with Crippen molar-refractivity contribution in [3.05, 3.63) is 65.8 Å². The number of rotatable bonds is 12. The van der Waals surface area contributed by atoms with Gasteiger partial charge in [0.1, 0.15) is 24.2 Å². The van der Waals surface area contributed by atoms with Crippen LogP contribution in [0.3, 0.4) is 0 Å². The SMILES string of the molecule is CC(C)OC(=O)CCCC=CC[C@H]1C(=O)CC=C1/C=C/[C@@H](O)COc1cccc(C(F)(F)F)c1. The number of aliphatic hydroxyl groups is 1. The Balaban J connectivity index is 1.78. The molecule has 0 saturated carbocycles. The van der Waals surface area contributed by atoms with Crippen molar-refractivity contribution < 1.29 is 37.3 Å². The predicted molar refractivity (Wildman–Crippen MR) is 122 cm³/mol. The van der Waals surface area contributed by atoms with Crippen molar-refractivity contribution in [1.82, 2.24) is 0 Å². The van der Waals surface area contributed by atoms with Crippen molar-refractivity contribution in [2.75, 3.05) is 6.61 Å². The van der Waals surface area contributed by atoms with Gasteiger partial charge in [-0.2, -0.15) is 13.2 Å². The molecule has 34 heavy (non-hydrogen) atoms. The zero-order chi connectivity index (χ0) is 25.1. The number of hydrogen-bond donors (Lipinski definition) is 1. The number of Topliss-reactive ketones (excluding diaryl/α,β-unsaturated/α-hetero) is 1. The van der Waals surface area contributed by atoms with E-state index in [9.17, 15) is 27.9 Å². The molecule has 0 amide bonds. The van der Waals surface area contributed by atoms with Gasteiger partial charge in [-0.1, -0.05) is 36.4 Å². The van der Waals surface area contributed by atoms with Gasteiger partial charge in [0.05, 0.1) is 11.7 Å².